The summed E-state index contributed by atoms with van der Waals surface area (Å²) in [5.41, 5.74) is -1.01. The Morgan fingerprint density at radius 3 is 2.33 bits per heavy atom. The molecule has 0 aromatic rings. The normalized spacial score (nSPS) is 16.1. The van der Waals surface area contributed by atoms with Gasteiger partial charge in [-0.05, 0) is 20.8 Å². The third kappa shape index (κ3) is 8.50. The van der Waals surface area contributed by atoms with Crippen LogP contribution in [0, 0.1) is 5.41 Å². The minimum Gasteiger partial charge on any atom is -0.473 e. The molecule has 21 heavy (non-hydrogen) atoms. The fourth-order valence-electron chi connectivity index (χ4n) is 1.57. The Balaban J connectivity index is 0.00000400. The van der Waals surface area contributed by atoms with Crippen LogP contribution in [0.3, 0.4) is 0 Å². The molecule has 0 aromatic carbocycles. The van der Waals surface area contributed by atoms with Crippen molar-refractivity contribution in [2.75, 3.05) is 39.4 Å². The van der Waals surface area contributed by atoms with E-state index in [9.17, 15) is 9.90 Å². The van der Waals surface area contributed by atoms with E-state index in [1.54, 1.807) is 18.7 Å². The van der Waals surface area contributed by atoms with Crippen LogP contribution >= 0.6 is 28.9 Å². The molecule has 0 unspecified atom stereocenters. The molecule has 0 atom stereocenters. The van der Waals surface area contributed by atoms with E-state index in [0.29, 0.717) is 32.8 Å². The van der Waals surface area contributed by atoms with Crippen LogP contribution in [0.15, 0.2) is 0 Å². The van der Waals surface area contributed by atoms with Crippen LogP contribution in [0.1, 0.15) is 20.8 Å². The van der Waals surface area contributed by atoms with Gasteiger partial charge >= 0.3 is 6.09 Å². The molecule has 1 amide bonds. The zero-order valence-electron chi connectivity index (χ0n) is 12.6. The summed E-state index contributed by atoms with van der Waals surface area (Å²) in [6.45, 7) is 7.86. The maximum atomic E-state index is 11.8. The molecule has 0 saturated carbocycles. The average Bonchev–Trinajstić information content (AvgIpc) is 2.36. The Morgan fingerprint density at radius 2 is 1.86 bits per heavy atom. The molecule has 1 fully saturated rings. The molecule has 124 valence electrons. The molecule has 9 heteroatoms. The number of nitrogens with zero attached hydrogens (tertiary/aromatic N) is 2. The standard InChI is InChI=1S/C12H23N3O4S.BrH/c1-4-18-10(13)20-15-7-5-14(6-8-15)11(16)19-9-12(2,3)17;/h13,17H,4-9H2,1-3H3;1H. The molecule has 1 saturated heterocycles. The van der Waals surface area contributed by atoms with Crippen LogP contribution in [0.4, 0.5) is 4.79 Å². The van der Waals surface area contributed by atoms with Gasteiger partial charge in [0.05, 0.1) is 12.2 Å². The minimum absolute atomic E-state index is 0. The van der Waals surface area contributed by atoms with E-state index in [4.69, 9.17) is 14.9 Å². The van der Waals surface area contributed by atoms with E-state index in [0.717, 1.165) is 0 Å². The molecular formula is C12H24BrN3O4S. The Kier molecular flexibility index (Phi) is 9.26. The third-order valence-electron chi connectivity index (χ3n) is 2.53. The van der Waals surface area contributed by atoms with Crippen LogP contribution in [-0.2, 0) is 9.47 Å². The van der Waals surface area contributed by atoms with Crippen molar-refractivity contribution in [3.8, 4) is 0 Å². The van der Waals surface area contributed by atoms with Crippen LogP contribution in [0.2, 0.25) is 0 Å². The molecule has 2 N–H and O–H groups in total. The summed E-state index contributed by atoms with van der Waals surface area (Å²) < 4.78 is 12.1. The van der Waals surface area contributed by atoms with E-state index >= 15 is 0 Å². The number of piperazine rings is 1. The first-order valence-electron chi connectivity index (χ1n) is 6.60. The quantitative estimate of drug-likeness (QED) is 0.435. The zero-order valence-corrected chi connectivity index (χ0v) is 15.2. The maximum absolute atomic E-state index is 11.8. The molecule has 1 heterocycles. The lowest BCUT2D eigenvalue weighted by atomic mass is 10.2. The van der Waals surface area contributed by atoms with Gasteiger partial charge in [0.2, 0.25) is 0 Å². The predicted molar refractivity (Wildman–Crippen MR) is 88.1 cm³/mol. The summed E-state index contributed by atoms with van der Waals surface area (Å²) in [4.78, 5) is 13.4. The smallest absolute Gasteiger partial charge is 0.409 e. The van der Waals surface area contributed by atoms with Gasteiger partial charge in [-0.2, -0.15) is 0 Å². The number of halogens is 1. The molecule has 0 aliphatic carbocycles. The molecule has 0 radical (unpaired) electrons. The lowest BCUT2D eigenvalue weighted by Crippen LogP contribution is -2.47. The summed E-state index contributed by atoms with van der Waals surface area (Å²) in [5.74, 6) is 0. The molecule has 0 aromatic heterocycles. The second-order valence-corrected chi connectivity index (χ2v) is 6.16. The topological polar surface area (TPSA) is 86.1 Å². The SMILES string of the molecule is Br.CCOC(=N)SN1CCN(C(=O)OCC(C)(C)O)CC1. The molecule has 1 aliphatic heterocycles. The zero-order chi connectivity index (χ0) is 15.2. The van der Waals surface area contributed by atoms with Gasteiger partial charge in [0, 0.05) is 38.1 Å². The number of amides is 1. The first-order chi connectivity index (χ1) is 9.31. The number of hydrogen-bond donors (Lipinski definition) is 2. The Bertz CT molecular complexity index is 344. The molecule has 7 nitrogen and oxygen atoms in total. The fourth-order valence-corrected chi connectivity index (χ4v) is 2.32. The van der Waals surface area contributed by atoms with Crippen molar-refractivity contribution in [3.63, 3.8) is 0 Å². The fraction of sp³-hybridized carbons (Fsp3) is 0.833. The van der Waals surface area contributed by atoms with Crippen molar-refractivity contribution < 1.29 is 19.4 Å². The van der Waals surface area contributed by atoms with E-state index in [-0.39, 0.29) is 28.8 Å². The van der Waals surface area contributed by atoms with E-state index in [1.165, 1.54) is 11.9 Å². The van der Waals surface area contributed by atoms with Gasteiger partial charge in [0.1, 0.15) is 6.61 Å². The first-order valence-corrected chi connectivity index (χ1v) is 7.37. The Labute approximate surface area is 140 Å². The Hall–Kier alpha value is -0.510. The van der Waals surface area contributed by atoms with Crippen LogP contribution in [0.5, 0.6) is 0 Å². The lowest BCUT2D eigenvalue weighted by molar-refractivity contribution is -0.00579. The van der Waals surface area contributed by atoms with Crippen LogP contribution in [0.25, 0.3) is 0 Å². The van der Waals surface area contributed by atoms with E-state index in [1.807, 2.05) is 11.2 Å². The highest BCUT2D eigenvalue weighted by Gasteiger charge is 2.25. The highest BCUT2D eigenvalue weighted by Crippen LogP contribution is 2.16. The van der Waals surface area contributed by atoms with Crippen molar-refractivity contribution in [3.05, 3.63) is 0 Å². The number of rotatable bonds is 4. The summed E-state index contributed by atoms with van der Waals surface area (Å²) >= 11 is 1.25. The van der Waals surface area contributed by atoms with Gasteiger partial charge < -0.3 is 19.5 Å². The van der Waals surface area contributed by atoms with Crippen molar-refractivity contribution in [2.45, 2.75) is 26.4 Å². The van der Waals surface area contributed by atoms with Crippen molar-refractivity contribution in [2.24, 2.45) is 0 Å². The summed E-state index contributed by atoms with van der Waals surface area (Å²) in [6.07, 6.45) is -0.406. The van der Waals surface area contributed by atoms with Gasteiger partial charge in [0.25, 0.3) is 5.23 Å². The lowest BCUT2D eigenvalue weighted by Gasteiger charge is -2.33. The monoisotopic (exact) mass is 385 g/mol. The van der Waals surface area contributed by atoms with Crippen molar-refractivity contribution >= 4 is 40.3 Å². The van der Waals surface area contributed by atoms with Gasteiger partial charge in [-0.15, -0.1) is 17.0 Å². The number of nitrogens with one attached hydrogen (secondary N) is 1. The second kappa shape index (κ2) is 9.50. The summed E-state index contributed by atoms with van der Waals surface area (Å²) in [6, 6.07) is 0. The number of aliphatic hydroxyl groups is 1. The summed E-state index contributed by atoms with van der Waals surface area (Å²) in [7, 11) is 0. The molecular weight excluding hydrogens is 362 g/mol. The molecule has 1 aliphatic rings. The molecule has 1 rings (SSSR count). The highest BCUT2D eigenvalue weighted by atomic mass is 79.9. The van der Waals surface area contributed by atoms with Crippen molar-refractivity contribution in [1.82, 2.24) is 9.21 Å². The minimum atomic E-state index is -1.01. The number of carbonyl (C=O) groups excluding carboxylic acids is 1. The third-order valence-corrected chi connectivity index (χ3v) is 3.44. The average molecular weight is 386 g/mol. The van der Waals surface area contributed by atoms with Gasteiger partial charge in [-0.25, -0.2) is 9.10 Å². The highest BCUT2D eigenvalue weighted by molar-refractivity contribution is 8.93. The molecule has 0 bridgehead atoms. The largest absolute Gasteiger partial charge is 0.473 e. The van der Waals surface area contributed by atoms with Gasteiger partial charge in [-0.1, -0.05) is 0 Å². The number of hydrogen-bond acceptors (Lipinski definition) is 7. The summed E-state index contributed by atoms with van der Waals surface area (Å²) in [5, 5.41) is 17.2. The Morgan fingerprint density at radius 1 is 1.29 bits per heavy atom. The second-order valence-electron chi connectivity index (χ2n) is 5.09. The first kappa shape index (κ1) is 20.5. The predicted octanol–water partition coefficient (Wildman–Crippen LogP) is 1.71. The van der Waals surface area contributed by atoms with Gasteiger partial charge in [0.15, 0.2) is 0 Å². The van der Waals surface area contributed by atoms with Crippen molar-refractivity contribution in [1.29, 1.82) is 5.41 Å². The van der Waals surface area contributed by atoms with Gasteiger partial charge in [-0.3, -0.25) is 5.41 Å². The number of ether oxygens (including phenoxy) is 2. The number of carbonyl (C=O) groups is 1. The van der Waals surface area contributed by atoms with E-state index in [2.05, 4.69) is 0 Å². The van der Waals surface area contributed by atoms with E-state index < -0.39 is 11.7 Å². The van der Waals surface area contributed by atoms with Crippen LogP contribution < -0.4 is 0 Å². The van der Waals surface area contributed by atoms with Crippen LogP contribution in [-0.4, -0.2) is 70.6 Å². The maximum Gasteiger partial charge on any atom is 0.409 e. The molecule has 0 spiro atoms.